The van der Waals surface area contributed by atoms with Gasteiger partial charge < -0.3 is 24.8 Å². The number of urea groups is 1. The largest absolute Gasteiger partial charge is 0.493 e. The molecule has 0 bridgehead atoms. The van der Waals surface area contributed by atoms with E-state index in [0.29, 0.717) is 22.9 Å². The zero-order chi connectivity index (χ0) is 17.0. The predicted molar refractivity (Wildman–Crippen MR) is 85.0 cm³/mol. The van der Waals surface area contributed by atoms with Crippen molar-refractivity contribution in [3.8, 4) is 17.2 Å². The van der Waals surface area contributed by atoms with Crippen LogP contribution < -0.4 is 24.8 Å². The van der Waals surface area contributed by atoms with Gasteiger partial charge in [0.15, 0.2) is 21.3 Å². The van der Waals surface area contributed by atoms with E-state index in [0.717, 1.165) is 5.41 Å². The van der Waals surface area contributed by atoms with Crippen LogP contribution in [0.2, 0.25) is 0 Å². The summed E-state index contributed by atoms with van der Waals surface area (Å²) in [6.07, 6.45) is 1.43. The summed E-state index contributed by atoms with van der Waals surface area (Å²) in [5, 5.41) is 6.25. The van der Waals surface area contributed by atoms with E-state index in [-0.39, 0.29) is 5.75 Å². The quantitative estimate of drug-likeness (QED) is 0.832. The number of rotatable bonds is 5. The minimum absolute atomic E-state index is 0.143. The van der Waals surface area contributed by atoms with Crippen LogP contribution >= 0.6 is 0 Å². The molecular formula is C14H18N2O6S. The Morgan fingerprint density at radius 3 is 2.17 bits per heavy atom. The first-order valence-corrected chi connectivity index (χ1v) is 8.38. The van der Waals surface area contributed by atoms with Crippen molar-refractivity contribution < 1.29 is 27.4 Å². The molecule has 1 aromatic carbocycles. The molecule has 0 radical (unpaired) electrons. The number of ether oxygens (including phenoxy) is 3. The lowest BCUT2D eigenvalue weighted by atomic mass is 10.2. The summed E-state index contributed by atoms with van der Waals surface area (Å²) in [4.78, 5) is 12.0. The van der Waals surface area contributed by atoms with Gasteiger partial charge in [0.1, 0.15) is 0 Å². The molecule has 1 aliphatic rings. The normalized spacial score (nSPS) is 18.3. The van der Waals surface area contributed by atoms with Crippen LogP contribution in [0, 0.1) is 0 Å². The molecule has 1 aromatic rings. The van der Waals surface area contributed by atoms with E-state index in [1.807, 2.05) is 0 Å². The minimum atomic E-state index is -3.22. The van der Waals surface area contributed by atoms with E-state index in [4.69, 9.17) is 14.2 Å². The van der Waals surface area contributed by atoms with Gasteiger partial charge in [-0.05, 0) is 6.08 Å². The Balaban J connectivity index is 2.10. The van der Waals surface area contributed by atoms with Crippen molar-refractivity contribution in [2.45, 2.75) is 6.04 Å². The first-order valence-electron chi connectivity index (χ1n) is 6.67. The van der Waals surface area contributed by atoms with E-state index in [9.17, 15) is 13.2 Å². The van der Waals surface area contributed by atoms with Crippen LogP contribution in [0.1, 0.15) is 0 Å². The topological polar surface area (TPSA) is 103 Å². The highest BCUT2D eigenvalue weighted by atomic mass is 32.2. The Morgan fingerprint density at radius 1 is 1.13 bits per heavy atom. The first-order chi connectivity index (χ1) is 10.9. The van der Waals surface area contributed by atoms with Gasteiger partial charge in [-0.2, -0.15) is 0 Å². The summed E-state index contributed by atoms with van der Waals surface area (Å²) < 4.78 is 38.2. The molecule has 9 heteroatoms. The van der Waals surface area contributed by atoms with Gasteiger partial charge in [0.2, 0.25) is 5.75 Å². The number of hydrogen-bond donors (Lipinski definition) is 2. The van der Waals surface area contributed by atoms with Crippen LogP contribution in [-0.4, -0.2) is 47.6 Å². The lowest BCUT2D eigenvalue weighted by Crippen LogP contribution is -2.38. The zero-order valence-corrected chi connectivity index (χ0v) is 13.8. The molecule has 0 unspecified atom stereocenters. The van der Waals surface area contributed by atoms with E-state index in [1.54, 1.807) is 12.1 Å². The Kier molecular flexibility index (Phi) is 4.99. The van der Waals surface area contributed by atoms with Crippen LogP contribution in [-0.2, 0) is 9.84 Å². The molecule has 0 aliphatic carbocycles. The summed E-state index contributed by atoms with van der Waals surface area (Å²) in [6, 6.07) is 2.05. The molecule has 2 rings (SSSR count). The lowest BCUT2D eigenvalue weighted by Gasteiger charge is -2.15. The average molecular weight is 342 g/mol. The third kappa shape index (κ3) is 4.07. The fourth-order valence-electron chi connectivity index (χ4n) is 2.15. The minimum Gasteiger partial charge on any atom is -0.493 e. The first kappa shape index (κ1) is 16.9. The van der Waals surface area contributed by atoms with Crippen molar-refractivity contribution in [1.29, 1.82) is 0 Å². The fraction of sp³-hybridized carbons (Fsp3) is 0.357. The monoisotopic (exact) mass is 342 g/mol. The van der Waals surface area contributed by atoms with Crippen LogP contribution in [0.4, 0.5) is 10.5 Å². The highest BCUT2D eigenvalue weighted by Gasteiger charge is 2.23. The van der Waals surface area contributed by atoms with E-state index < -0.39 is 21.9 Å². The van der Waals surface area contributed by atoms with Crippen LogP contribution in [0.25, 0.3) is 0 Å². The smallest absolute Gasteiger partial charge is 0.319 e. The third-order valence-electron chi connectivity index (χ3n) is 3.17. The summed E-state index contributed by atoms with van der Waals surface area (Å²) >= 11 is 0. The number of sulfone groups is 1. The summed E-state index contributed by atoms with van der Waals surface area (Å²) in [7, 11) is 1.19. The van der Waals surface area contributed by atoms with Crippen molar-refractivity contribution in [2.75, 3.05) is 32.4 Å². The Morgan fingerprint density at radius 2 is 1.74 bits per heavy atom. The van der Waals surface area contributed by atoms with Gasteiger partial charge >= 0.3 is 6.03 Å². The molecule has 0 saturated carbocycles. The van der Waals surface area contributed by atoms with Crippen molar-refractivity contribution in [3.05, 3.63) is 23.6 Å². The molecule has 2 N–H and O–H groups in total. The molecule has 0 aromatic heterocycles. The van der Waals surface area contributed by atoms with Crippen molar-refractivity contribution in [2.24, 2.45) is 0 Å². The highest BCUT2D eigenvalue weighted by Crippen LogP contribution is 2.39. The second-order valence-corrected chi connectivity index (χ2v) is 6.71. The van der Waals surface area contributed by atoms with E-state index in [2.05, 4.69) is 10.6 Å². The van der Waals surface area contributed by atoms with Gasteiger partial charge in [-0.3, -0.25) is 0 Å². The number of hydrogen-bond acceptors (Lipinski definition) is 6. The number of anilines is 1. The number of carbonyl (C=O) groups excluding carboxylic acids is 1. The van der Waals surface area contributed by atoms with Gasteiger partial charge in [0, 0.05) is 17.5 Å². The van der Waals surface area contributed by atoms with Crippen molar-refractivity contribution in [3.63, 3.8) is 0 Å². The van der Waals surface area contributed by atoms with Gasteiger partial charge in [0.05, 0.1) is 38.8 Å². The highest BCUT2D eigenvalue weighted by molar-refractivity contribution is 7.94. The molecular weight excluding hydrogens is 324 g/mol. The van der Waals surface area contributed by atoms with Crippen LogP contribution in [0.5, 0.6) is 17.2 Å². The SMILES string of the molecule is COc1cc(NC(=O)N[C@@H]2C=CS(=O)(=O)C2)cc(OC)c1OC. The lowest BCUT2D eigenvalue weighted by molar-refractivity contribution is 0.251. The molecule has 1 aliphatic heterocycles. The molecule has 0 saturated heterocycles. The number of methoxy groups -OCH3 is 3. The maximum absolute atomic E-state index is 12.0. The summed E-state index contributed by atoms with van der Waals surface area (Å²) in [5.41, 5.74) is 0.418. The third-order valence-corrected chi connectivity index (χ3v) is 4.56. The molecule has 1 atom stereocenters. The Hall–Kier alpha value is -2.42. The number of nitrogens with one attached hydrogen (secondary N) is 2. The molecule has 2 amide bonds. The second-order valence-electron chi connectivity index (χ2n) is 4.78. The molecule has 126 valence electrons. The molecule has 0 spiro atoms. The van der Waals surface area contributed by atoms with E-state index >= 15 is 0 Å². The van der Waals surface area contributed by atoms with Gasteiger partial charge in [-0.25, -0.2) is 13.2 Å². The predicted octanol–water partition coefficient (Wildman–Crippen LogP) is 1.14. The summed E-state index contributed by atoms with van der Waals surface area (Å²) in [6.45, 7) is 0. The number of benzene rings is 1. The van der Waals surface area contributed by atoms with Gasteiger partial charge in [-0.1, -0.05) is 0 Å². The van der Waals surface area contributed by atoms with Gasteiger partial charge in [-0.15, -0.1) is 0 Å². The molecule has 1 heterocycles. The van der Waals surface area contributed by atoms with Crippen molar-refractivity contribution >= 4 is 21.6 Å². The summed E-state index contributed by atoms with van der Waals surface area (Å²) in [5.74, 6) is 1.05. The standard InChI is InChI=1S/C14H18N2O6S/c1-20-11-6-10(7-12(21-2)13(11)22-3)16-14(17)15-9-4-5-23(18,19)8-9/h4-7,9H,8H2,1-3H3,(H2,15,16,17)/t9-/m1/s1. The van der Waals surface area contributed by atoms with E-state index in [1.165, 1.54) is 27.4 Å². The van der Waals surface area contributed by atoms with Crippen LogP contribution in [0.3, 0.4) is 0 Å². The average Bonchev–Trinajstić information content (AvgIpc) is 2.84. The molecule has 23 heavy (non-hydrogen) atoms. The number of amides is 2. The van der Waals surface area contributed by atoms with Gasteiger partial charge in [0.25, 0.3) is 0 Å². The van der Waals surface area contributed by atoms with Crippen LogP contribution in [0.15, 0.2) is 23.6 Å². The molecule has 0 fully saturated rings. The van der Waals surface area contributed by atoms with Crippen molar-refractivity contribution in [1.82, 2.24) is 5.32 Å². The molecule has 8 nitrogen and oxygen atoms in total. The number of carbonyl (C=O) groups is 1. The second kappa shape index (κ2) is 6.78. The zero-order valence-electron chi connectivity index (χ0n) is 13.0. The Labute approximate surface area is 134 Å². The maximum atomic E-state index is 12.0. The fourth-order valence-corrected chi connectivity index (χ4v) is 3.39. The maximum Gasteiger partial charge on any atom is 0.319 e. The Bertz CT molecular complexity index is 704.